The molecule has 0 bridgehead atoms. The van der Waals surface area contributed by atoms with E-state index in [4.69, 9.17) is 8.85 Å². The molecule has 0 aromatic carbocycles. The van der Waals surface area contributed by atoms with Crippen LogP contribution in [-0.4, -0.2) is 16.6 Å². The van der Waals surface area contributed by atoms with Gasteiger partial charge in [0.05, 0.1) is 0 Å². The minimum atomic E-state index is -1.37. The minimum Gasteiger partial charge on any atom is -0.577 e. The van der Waals surface area contributed by atoms with Crippen LogP contribution in [0.25, 0.3) is 0 Å². The predicted molar refractivity (Wildman–Crippen MR) is 104 cm³/mol. The maximum Gasteiger partial charge on any atom is 2.00 e. The van der Waals surface area contributed by atoms with E-state index in [2.05, 4.69) is 63.6 Å². The van der Waals surface area contributed by atoms with E-state index in [9.17, 15) is 0 Å². The van der Waals surface area contributed by atoms with Crippen LogP contribution in [-0.2, 0) is 35.1 Å². The van der Waals surface area contributed by atoms with Gasteiger partial charge in [-0.2, -0.15) is 24.3 Å². The van der Waals surface area contributed by atoms with Crippen molar-refractivity contribution in [2.45, 2.75) is 52.1 Å². The molecule has 0 spiro atoms. The van der Waals surface area contributed by atoms with Crippen molar-refractivity contribution in [3.8, 4) is 0 Å². The zero-order valence-corrected chi connectivity index (χ0v) is 20.9. The zero-order valence-electron chi connectivity index (χ0n) is 14.9. The van der Waals surface area contributed by atoms with Crippen molar-refractivity contribution in [1.82, 2.24) is 0 Å². The number of halogens is 2. The minimum absolute atomic E-state index is 0. The Bertz CT molecular complexity index is 406. The van der Waals surface area contributed by atoms with Crippen LogP contribution in [0.4, 0.5) is 0 Å². The summed E-state index contributed by atoms with van der Waals surface area (Å²) in [6.07, 6.45) is 16.2. The Hall–Kier alpha value is 0.457. The van der Waals surface area contributed by atoms with Crippen LogP contribution in [0.3, 0.4) is 0 Å². The van der Waals surface area contributed by atoms with Gasteiger partial charge in [-0.1, -0.05) is 11.5 Å². The Morgan fingerprint density at radius 2 is 1.04 bits per heavy atom. The molecule has 0 saturated heterocycles. The molecule has 2 rings (SSSR count). The molecule has 0 saturated carbocycles. The molecule has 0 unspecified atom stereocenters. The summed E-state index contributed by atoms with van der Waals surface area (Å²) < 4.78 is 11.3. The normalized spacial score (nSPS) is 15.0. The van der Waals surface area contributed by atoms with Gasteiger partial charge < -0.3 is 8.85 Å². The van der Waals surface area contributed by atoms with Gasteiger partial charge in [-0.05, 0) is 39.3 Å². The van der Waals surface area contributed by atoms with Crippen LogP contribution in [0.2, 0.25) is 39.3 Å². The fraction of sp³-hybridized carbons (Fsp3) is 0.500. The first-order chi connectivity index (χ1) is 9.16. The molecule has 0 aromatic rings. The molecule has 130 valence electrons. The summed E-state index contributed by atoms with van der Waals surface area (Å²) in [7, 11) is -2.75. The summed E-state index contributed by atoms with van der Waals surface area (Å²) in [4.78, 5) is 0. The van der Waals surface area contributed by atoms with Gasteiger partial charge in [-0.15, -0.1) is 37.7 Å². The average Bonchev–Trinajstić information content (AvgIpc) is 2.87. The van der Waals surface area contributed by atoms with Crippen LogP contribution in [0.1, 0.15) is 12.8 Å². The predicted octanol–water partition coefficient (Wildman–Crippen LogP) is 5.81. The second kappa shape index (κ2) is 12.8. The number of rotatable bonds is 4. The average molecular weight is 471 g/mol. The SMILES string of the molecule is C[Si](C)(C)OC1=[C-]CC=C1.C[Si](C)(C)OC1=[C-]CC=C1.Cl.Cl.[Zr+2]. The second-order valence-electron chi connectivity index (χ2n) is 6.72. The molecule has 0 radical (unpaired) electrons. The topological polar surface area (TPSA) is 18.5 Å². The van der Waals surface area contributed by atoms with Crippen LogP contribution in [0, 0.1) is 12.2 Å². The van der Waals surface area contributed by atoms with Gasteiger partial charge in [-0.25, -0.2) is 12.2 Å². The van der Waals surface area contributed by atoms with Gasteiger partial charge >= 0.3 is 26.2 Å². The third-order valence-corrected chi connectivity index (χ3v) is 3.82. The Balaban J connectivity index is -0.000000308. The van der Waals surface area contributed by atoms with Gasteiger partial charge in [0.2, 0.25) is 16.6 Å². The maximum atomic E-state index is 5.66. The van der Waals surface area contributed by atoms with E-state index in [-0.39, 0.29) is 51.0 Å². The molecular formula is C16H28Cl2O2Si2Zr. The number of hydrogen-bond donors (Lipinski definition) is 0. The van der Waals surface area contributed by atoms with E-state index in [0.29, 0.717) is 0 Å². The quantitative estimate of drug-likeness (QED) is 0.381. The summed E-state index contributed by atoms with van der Waals surface area (Å²) in [6, 6.07) is 0. The first-order valence-corrected chi connectivity index (χ1v) is 13.9. The molecule has 2 aliphatic carbocycles. The van der Waals surface area contributed by atoms with Gasteiger partial charge in [-0.3, -0.25) is 0 Å². The van der Waals surface area contributed by atoms with Crippen molar-refractivity contribution in [3.63, 3.8) is 0 Å². The monoisotopic (exact) mass is 468 g/mol. The molecule has 7 heteroatoms. The van der Waals surface area contributed by atoms with Gasteiger partial charge in [0.25, 0.3) is 0 Å². The number of allylic oxidation sites excluding steroid dienone is 6. The van der Waals surface area contributed by atoms with Crippen LogP contribution < -0.4 is 0 Å². The molecule has 0 N–H and O–H groups in total. The van der Waals surface area contributed by atoms with Crippen LogP contribution >= 0.6 is 24.8 Å². The van der Waals surface area contributed by atoms with Crippen molar-refractivity contribution in [2.24, 2.45) is 0 Å². The molecule has 23 heavy (non-hydrogen) atoms. The third kappa shape index (κ3) is 15.7. The van der Waals surface area contributed by atoms with Crippen molar-refractivity contribution >= 4 is 41.4 Å². The molecule has 0 aromatic heterocycles. The van der Waals surface area contributed by atoms with E-state index in [1.807, 2.05) is 12.2 Å². The van der Waals surface area contributed by atoms with Crippen molar-refractivity contribution in [3.05, 3.63) is 48.0 Å². The Labute approximate surface area is 175 Å². The third-order valence-electron chi connectivity index (χ3n) is 2.16. The van der Waals surface area contributed by atoms with Crippen molar-refractivity contribution in [2.75, 3.05) is 0 Å². The molecule has 0 atom stereocenters. The summed E-state index contributed by atoms with van der Waals surface area (Å²) in [5.41, 5.74) is 0. The van der Waals surface area contributed by atoms with E-state index in [1.54, 1.807) is 0 Å². The fourth-order valence-corrected chi connectivity index (χ4v) is 3.17. The van der Waals surface area contributed by atoms with Gasteiger partial charge in [0.15, 0.2) is 0 Å². The summed E-state index contributed by atoms with van der Waals surface area (Å²) in [5.74, 6) is 1.89. The van der Waals surface area contributed by atoms with E-state index in [0.717, 1.165) is 24.4 Å². The first kappa shape index (κ1) is 28.3. The summed E-state index contributed by atoms with van der Waals surface area (Å²) in [5, 5.41) is 0. The largest absolute Gasteiger partial charge is 2.00 e. The number of hydrogen-bond acceptors (Lipinski definition) is 2. The first-order valence-electron chi connectivity index (χ1n) is 7.08. The van der Waals surface area contributed by atoms with E-state index < -0.39 is 16.6 Å². The molecule has 0 heterocycles. The fourth-order valence-electron chi connectivity index (χ4n) is 1.57. The van der Waals surface area contributed by atoms with Gasteiger partial charge in [0.1, 0.15) is 0 Å². The van der Waals surface area contributed by atoms with E-state index >= 15 is 0 Å². The van der Waals surface area contributed by atoms with Crippen LogP contribution in [0.15, 0.2) is 35.8 Å². The van der Waals surface area contributed by atoms with Crippen molar-refractivity contribution < 1.29 is 35.1 Å². The summed E-state index contributed by atoms with van der Waals surface area (Å²) in [6.45, 7) is 13.0. The smallest absolute Gasteiger partial charge is 0.577 e. The second-order valence-corrected chi connectivity index (χ2v) is 15.6. The van der Waals surface area contributed by atoms with Crippen LogP contribution in [0.5, 0.6) is 0 Å². The molecule has 0 amide bonds. The Kier molecular flexibility index (Phi) is 15.7. The molecule has 0 aliphatic heterocycles. The van der Waals surface area contributed by atoms with Gasteiger partial charge in [0, 0.05) is 0 Å². The van der Waals surface area contributed by atoms with E-state index in [1.165, 1.54) is 0 Å². The summed E-state index contributed by atoms with van der Waals surface area (Å²) >= 11 is 0. The Morgan fingerprint density at radius 1 is 0.739 bits per heavy atom. The van der Waals surface area contributed by atoms with Crippen molar-refractivity contribution in [1.29, 1.82) is 0 Å². The molecule has 0 fully saturated rings. The maximum absolute atomic E-state index is 5.66. The molecule has 2 aliphatic rings. The Morgan fingerprint density at radius 3 is 1.22 bits per heavy atom. The molecular weight excluding hydrogens is 442 g/mol. The standard InChI is InChI=1S/2C8H13OSi.2ClH.Zr/c2*1-10(2,3)9-8-6-4-5-7-8;;;/h2*4,6H,5H2,1-3H3;2*1H;/q2*-1;;;+2. The zero-order chi connectivity index (χ0) is 15.2. The molecule has 2 nitrogen and oxygen atoms in total.